The minimum absolute atomic E-state index is 0.00953. The molecule has 0 radical (unpaired) electrons. The SMILES string of the molecule is O=C(/C=C1\SC(=O)NC1=O)NCC1CCC2(CCN(Cc3ccccc3)CC2)O1. The van der Waals surface area contributed by atoms with Crippen molar-refractivity contribution in [3.63, 3.8) is 0 Å². The third kappa shape index (κ3) is 5.07. The van der Waals surface area contributed by atoms with Crippen molar-refractivity contribution in [2.45, 2.75) is 43.9 Å². The van der Waals surface area contributed by atoms with Crippen LogP contribution in [0.1, 0.15) is 31.2 Å². The molecule has 7 nitrogen and oxygen atoms in total. The predicted octanol–water partition coefficient (Wildman–Crippen LogP) is 2.18. The summed E-state index contributed by atoms with van der Waals surface area (Å²) in [4.78, 5) is 37.3. The Balaban J connectivity index is 1.21. The van der Waals surface area contributed by atoms with E-state index in [0.29, 0.717) is 6.54 Å². The number of benzene rings is 1. The van der Waals surface area contributed by atoms with Crippen molar-refractivity contribution in [1.29, 1.82) is 0 Å². The molecule has 0 aliphatic carbocycles. The van der Waals surface area contributed by atoms with Crippen LogP contribution in [0.25, 0.3) is 0 Å². The number of nitrogens with one attached hydrogen (secondary N) is 2. The maximum atomic E-state index is 12.0. The van der Waals surface area contributed by atoms with Gasteiger partial charge in [0.05, 0.1) is 16.6 Å². The molecule has 1 aromatic rings. The van der Waals surface area contributed by atoms with Gasteiger partial charge >= 0.3 is 0 Å². The highest BCUT2D eigenvalue weighted by molar-refractivity contribution is 8.18. The van der Waals surface area contributed by atoms with E-state index in [9.17, 15) is 14.4 Å². The van der Waals surface area contributed by atoms with Gasteiger partial charge in [0.1, 0.15) is 0 Å². The highest BCUT2D eigenvalue weighted by Crippen LogP contribution is 2.39. The Morgan fingerprint density at radius 1 is 1.24 bits per heavy atom. The van der Waals surface area contributed by atoms with Gasteiger partial charge in [-0.05, 0) is 43.0 Å². The van der Waals surface area contributed by atoms with E-state index < -0.39 is 11.1 Å². The third-order valence-corrected chi connectivity index (χ3v) is 6.57. The smallest absolute Gasteiger partial charge is 0.290 e. The summed E-state index contributed by atoms with van der Waals surface area (Å²) in [6.45, 7) is 3.42. The number of nitrogens with zero attached hydrogens (tertiary/aromatic N) is 1. The molecular weight excluding hydrogens is 390 g/mol. The minimum Gasteiger partial charge on any atom is -0.370 e. The monoisotopic (exact) mass is 415 g/mol. The van der Waals surface area contributed by atoms with Gasteiger partial charge in [-0.15, -0.1) is 0 Å². The van der Waals surface area contributed by atoms with Crippen LogP contribution in [0.2, 0.25) is 0 Å². The van der Waals surface area contributed by atoms with Crippen LogP contribution in [-0.2, 0) is 20.9 Å². The Morgan fingerprint density at radius 3 is 2.69 bits per heavy atom. The van der Waals surface area contributed by atoms with Crippen molar-refractivity contribution >= 4 is 28.8 Å². The summed E-state index contributed by atoms with van der Waals surface area (Å²) in [7, 11) is 0. The molecule has 0 aromatic heterocycles. The van der Waals surface area contributed by atoms with Crippen molar-refractivity contribution < 1.29 is 19.1 Å². The zero-order chi connectivity index (χ0) is 20.3. The van der Waals surface area contributed by atoms with E-state index in [-0.39, 0.29) is 22.5 Å². The molecule has 1 unspecified atom stereocenters. The summed E-state index contributed by atoms with van der Waals surface area (Å²) >= 11 is 0.743. The lowest BCUT2D eigenvalue weighted by Crippen LogP contribution is -2.44. The lowest BCUT2D eigenvalue weighted by atomic mass is 9.88. The number of hydrogen-bond donors (Lipinski definition) is 2. The summed E-state index contributed by atoms with van der Waals surface area (Å²) in [5, 5.41) is 4.48. The van der Waals surface area contributed by atoms with Crippen molar-refractivity contribution in [2.75, 3.05) is 19.6 Å². The van der Waals surface area contributed by atoms with Crippen LogP contribution in [0.4, 0.5) is 4.79 Å². The normalized spacial score (nSPS) is 25.5. The zero-order valence-corrected chi connectivity index (χ0v) is 17.0. The molecule has 154 valence electrons. The number of amides is 3. The van der Waals surface area contributed by atoms with E-state index in [1.165, 1.54) is 11.6 Å². The largest absolute Gasteiger partial charge is 0.370 e. The molecular formula is C21H25N3O4S. The van der Waals surface area contributed by atoms with E-state index in [2.05, 4.69) is 39.8 Å². The first-order valence-corrected chi connectivity index (χ1v) is 10.8. The first kappa shape index (κ1) is 20.1. The molecule has 3 fully saturated rings. The van der Waals surface area contributed by atoms with E-state index in [1.807, 2.05) is 6.07 Å². The lowest BCUT2D eigenvalue weighted by Gasteiger charge is -2.39. The lowest BCUT2D eigenvalue weighted by molar-refractivity contribution is -0.119. The van der Waals surface area contributed by atoms with Gasteiger partial charge < -0.3 is 10.1 Å². The van der Waals surface area contributed by atoms with Gasteiger partial charge in [0.2, 0.25) is 5.91 Å². The fourth-order valence-electron chi connectivity index (χ4n) is 4.17. The van der Waals surface area contributed by atoms with Crippen LogP contribution < -0.4 is 10.6 Å². The fourth-order valence-corrected chi connectivity index (χ4v) is 4.83. The van der Waals surface area contributed by atoms with Crippen LogP contribution >= 0.6 is 11.8 Å². The topological polar surface area (TPSA) is 87.7 Å². The van der Waals surface area contributed by atoms with Crippen molar-refractivity contribution in [3.8, 4) is 0 Å². The number of piperidine rings is 1. The first-order valence-electron chi connectivity index (χ1n) is 9.98. The summed E-state index contributed by atoms with van der Waals surface area (Å²) in [5.41, 5.74) is 1.26. The predicted molar refractivity (Wildman–Crippen MR) is 110 cm³/mol. The van der Waals surface area contributed by atoms with Gasteiger partial charge in [0.25, 0.3) is 11.1 Å². The van der Waals surface area contributed by atoms with E-state index in [0.717, 1.165) is 57.1 Å². The van der Waals surface area contributed by atoms with Gasteiger partial charge in [-0.1, -0.05) is 30.3 Å². The van der Waals surface area contributed by atoms with Crippen LogP contribution in [0.3, 0.4) is 0 Å². The molecule has 1 atom stereocenters. The molecule has 3 saturated heterocycles. The Bertz CT molecular complexity index is 818. The van der Waals surface area contributed by atoms with Gasteiger partial charge in [-0.25, -0.2) is 0 Å². The van der Waals surface area contributed by atoms with Gasteiger partial charge in [0.15, 0.2) is 0 Å². The standard InChI is InChI=1S/C21H25N3O4S/c25-18(12-17-19(26)23-20(27)29-17)22-13-16-6-7-21(28-16)8-10-24(11-9-21)14-15-4-2-1-3-5-15/h1-5,12,16H,6-11,13-14H2,(H,22,25)(H,23,26,27)/b17-12-. The summed E-state index contributed by atoms with van der Waals surface area (Å²) in [6, 6.07) is 10.5. The molecule has 3 heterocycles. The second kappa shape index (κ2) is 8.69. The minimum atomic E-state index is -0.520. The molecule has 0 bridgehead atoms. The molecule has 1 aromatic carbocycles. The fraction of sp³-hybridized carbons (Fsp3) is 0.476. The first-order chi connectivity index (χ1) is 14.0. The zero-order valence-electron chi connectivity index (χ0n) is 16.2. The van der Waals surface area contributed by atoms with Gasteiger partial charge in [-0.2, -0.15) is 0 Å². The van der Waals surface area contributed by atoms with Crippen molar-refractivity contribution in [1.82, 2.24) is 15.5 Å². The Labute approximate surface area is 174 Å². The molecule has 8 heteroatoms. The molecule has 1 spiro atoms. The summed E-state index contributed by atoms with van der Waals surface area (Å²) < 4.78 is 6.35. The molecule has 2 N–H and O–H groups in total. The van der Waals surface area contributed by atoms with Gasteiger partial charge in [0, 0.05) is 32.3 Å². The molecule has 3 aliphatic rings. The summed E-state index contributed by atoms with van der Waals surface area (Å²) in [5.74, 6) is -0.895. The molecule has 3 amide bonds. The number of carbonyl (C=O) groups is 3. The number of rotatable bonds is 5. The molecule has 4 rings (SSSR count). The number of hydrogen-bond acceptors (Lipinski definition) is 6. The highest BCUT2D eigenvalue weighted by atomic mass is 32.2. The number of imide groups is 1. The Kier molecular flexibility index (Phi) is 6.03. The van der Waals surface area contributed by atoms with E-state index in [4.69, 9.17) is 4.74 Å². The van der Waals surface area contributed by atoms with E-state index >= 15 is 0 Å². The number of carbonyl (C=O) groups excluding carboxylic acids is 3. The molecule has 3 aliphatic heterocycles. The number of ether oxygens (including phenoxy) is 1. The van der Waals surface area contributed by atoms with Crippen LogP contribution in [-0.4, -0.2) is 53.3 Å². The Hall–Kier alpha value is -2.16. The van der Waals surface area contributed by atoms with Crippen LogP contribution in [0, 0.1) is 0 Å². The quantitative estimate of drug-likeness (QED) is 0.717. The van der Waals surface area contributed by atoms with E-state index in [1.54, 1.807) is 0 Å². The Morgan fingerprint density at radius 2 is 2.00 bits per heavy atom. The van der Waals surface area contributed by atoms with Crippen molar-refractivity contribution in [3.05, 3.63) is 46.9 Å². The molecule has 29 heavy (non-hydrogen) atoms. The second-order valence-corrected chi connectivity index (χ2v) is 8.84. The van der Waals surface area contributed by atoms with Gasteiger partial charge in [-0.3, -0.25) is 24.6 Å². The third-order valence-electron chi connectivity index (χ3n) is 5.76. The number of thioether (sulfide) groups is 1. The second-order valence-electron chi connectivity index (χ2n) is 7.82. The summed E-state index contributed by atoms with van der Waals surface area (Å²) in [6.07, 6.45) is 5.12. The number of likely N-dealkylation sites (tertiary alicyclic amines) is 1. The average molecular weight is 416 g/mol. The van der Waals surface area contributed by atoms with Crippen LogP contribution in [0.5, 0.6) is 0 Å². The van der Waals surface area contributed by atoms with Crippen LogP contribution in [0.15, 0.2) is 41.3 Å². The maximum Gasteiger partial charge on any atom is 0.290 e. The van der Waals surface area contributed by atoms with Crippen molar-refractivity contribution in [2.24, 2.45) is 0 Å². The average Bonchev–Trinajstić information content (AvgIpc) is 3.25. The molecule has 0 saturated carbocycles. The highest BCUT2D eigenvalue weighted by Gasteiger charge is 2.42. The maximum absolute atomic E-state index is 12.0.